The van der Waals surface area contributed by atoms with Crippen LogP contribution in [0.2, 0.25) is 0 Å². The third-order valence-electron chi connectivity index (χ3n) is 9.15. The predicted molar refractivity (Wildman–Crippen MR) is 128 cm³/mol. The van der Waals surface area contributed by atoms with Crippen LogP contribution in [0.15, 0.2) is 59.0 Å². The Balaban J connectivity index is 1.46. The molecule has 2 aromatic heterocycles. The Labute approximate surface area is 181 Å². The Morgan fingerprint density at radius 2 is 1.39 bits per heavy atom. The summed E-state index contributed by atoms with van der Waals surface area (Å²) in [5.41, 5.74) is 6.62. The predicted octanol–water partition coefficient (Wildman–Crippen LogP) is 7.70. The lowest BCUT2D eigenvalue weighted by Crippen LogP contribution is -2.48. The normalized spacial score (nSPS) is 29.8. The molecular weight excluding hydrogens is 378 g/mol. The smallest absolute Gasteiger partial charge is 0.145 e. The van der Waals surface area contributed by atoms with Crippen molar-refractivity contribution in [3.63, 3.8) is 0 Å². The number of benzene rings is 3. The van der Waals surface area contributed by atoms with Gasteiger partial charge in [0.15, 0.2) is 0 Å². The fraction of sp³-hybridized carbons (Fsp3) is 0.379. The lowest BCUT2D eigenvalue weighted by Gasteiger charge is -2.57. The Morgan fingerprint density at radius 1 is 0.710 bits per heavy atom. The van der Waals surface area contributed by atoms with Crippen LogP contribution >= 0.6 is 0 Å². The summed E-state index contributed by atoms with van der Waals surface area (Å²) in [7, 11) is 2.17. The SMILES string of the molecule is Cn1c2ccccc2c2c3oc4c(C56CC7CC(CC(C7)C5)C6)cccc4c3ccc21. The first-order chi connectivity index (χ1) is 15.2. The molecule has 0 amide bonds. The molecule has 2 nitrogen and oxygen atoms in total. The number of rotatable bonds is 1. The first-order valence-electron chi connectivity index (χ1n) is 12.0. The van der Waals surface area contributed by atoms with E-state index in [1.165, 1.54) is 82.2 Å². The zero-order chi connectivity index (χ0) is 20.3. The molecule has 4 saturated carbocycles. The van der Waals surface area contributed by atoms with Crippen LogP contribution in [0, 0.1) is 17.8 Å². The van der Waals surface area contributed by atoms with Crippen LogP contribution in [-0.2, 0) is 12.5 Å². The van der Waals surface area contributed by atoms with Gasteiger partial charge in [-0.2, -0.15) is 0 Å². The summed E-state index contributed by atoms with van der Waals surface area (Å²) in [5.74, 6) is 2.82. The highest BCUT2D eigenvalue weighted by molar-refractivity contribution is 6.23. The van der Waals surface area contributed by atoms with Crippen LogP contribution in [0.25, 0.3) is 43.7 Å². The average molecular weight is 406 g/mol. The van der Waals surface area contributed by atoms with Gasteiger partial charge in [-0.3, -0.25) is 0 Å². The number of aromatic nitrogens is 1. The van der Waals surface area contributed by atoms with Crippen LogP contribution < -0.4 is 0 Å². The minimum absolute atomic E-state index is 0.347. The fourth-order valence-corrected chi connectivity index (χ4v) is 8.36. The van der Waals surface area contributed by atoms with Gasteiger partial charge < -0.3 is 8.98 Å². The summed E-state index contributed by atoms with van der Waals surface area (Å²) >= 11 is 0. The fourth-order valence-electron chi connectivity index (χ4n) is 8.36. The molecule has 4 aliphatic carbocycles. The van der Waals surface area contributed by atoms with Crippen LogP contribution in [0.5, 0.6) is 0 Å². The maximum absolute atomic E-state index is 6.89. The van der Waals surface area contributed by atoms with Gasteiger partial charge in [-0.1, -0.05) is 36.4 Å². The van der Waals surface area contributed by atoms with Gasteiger partial charge in [0.2, 0.25) is 0 Å². The molecule has 0 N–H and O–H groups in total. The van der Waals surface area contributed by atoms with Crippen molar-refractivity contribution in [2.75, 3.05) is 0 Å². The van der Waals surface area contributed by atoms with Crippen molar-refractivity contribution < 1.29 is 4.42 Å². The van der Waals surface area contributed by atoms with Gasteiger partial charge in [0.05, 0.1) is 10.9 Å². The molecule has 0 spiro atoms. The summed E-state index contributed by atoms with van der Waals surface area (Å²) in [6.07, 6.45) is 8.56. The molecule has 0 unspecified atom stereocenters. The van der Waals surface area contributed by atoms with E-state index in [1.54, 1.807) is 0 Å². The monoisotopic (exact) mass is 405 g/mol. The molecule has 2 heteroatoms. The van der Waals surface area contributed by atoms with E-state index >= 15 is 0 Å². The quantitative estimate of drug-likeness (QED) is 0.279. The minimum Gasteiger partial charge on any atom is -0.455 e. The van der Waals surface area contributed by atoms with E-state index in [0.29, 0.717) is 5.41 Å². The topological polar surface area (TPSA) is 18.1 Å². The highest BCUT2D eigenvalue weighted by Crippen LogP contribution is 2.61. The number of para-hydroxylation sites is 2. The molecule has 31 heavy (non-hydrogen) atoms. The van der Waals surface area contributed by atoms with E-state index in [9.17, 15) is 0 Å². The van der Waals surface area contributed by atoms with E-state index in [2.05, 4.69) is 66.2 Å². The van der Waals surface area contributed by atoms with Gasteiger partial charge in [-0.05, 0) is 79.9 Å². The standard InChI is InChI=1S/C29H27NO/c1-30-24-8-3-2-5-22(24)26-25(30)10-9-21-20-6-4-7-23(27(20)31-28(21)26)29-14-17-11-18(15-29)13-19(12-17)16-29/h2-10,17-19H,11-16H2,1H3. The number of hydrogen-bond acceptors (Lipinski definition) is 1. The van der Waals surface area contributed by atoms with Gasteiger partial charge in [-0.15, -0.1) is 0 Å². The van der Waals surface area contributed by atoms with Gasteiger partial charge in [0, 0.05) is 34.3 Å². The number of nitrogens with zero attached hydrogens (tertiary/aromatic N) is 1. The van der Waals surface area contributed by atoms with Crippen molar-refractivity contribution in [1.29, 1.82) is 0 Å². The first-order valence-corrected chi connectivity index (χ1v) is 12.0. The van der Waals surface area contributed by atoms with E-state index < -0.39 is 0 Å². The Bertz CT molecular complexity index is 1500. The van der Waals surface area contributed by atoms with Gasteiger partial charge in [0.25, 0.3) is 0 Å². The van der Waals surface area contributed by atoms with E-state index in [0.717, 1.165) is 23.3 Å². The van der Waals surface area contributed by atoms with Crippen molar-refractivity contribution in [2.24, 2.45) is 24.8 Å². The van der Waals surface area contributed by atoms with Crippen LogP contribution in [0.1, 0.15) is 44.1 Å². The van der Waals surface area contributed by atoms with E-state index in [4.69, 9.17) is 4.42 Å². The molecule has 0 atom stereocenters. The summed E-state index contributed by atoms with van der Waals surface area (Å²) in [4.78, 5) is 0. The van der Waals surface area contributed by atoms with Crippen molar-refractivity contribution >= 4 is 43.7 Å². The number of fused-ring (bicyclic) bond motifs is 7. The second-order valence-corrected chi connectivity index (χ2v) is 10.9. The van der Waals surface area contributed by atoms with Crippen molar-refractivity contribution in [2.45, 2.75) is 43.9 Å². The third-order valence-corrected chi connectivity index (χ3v) is 9.15. The Morgan fingerprint density at radius 3 is 2.16 bits per heavy atom. The molecule has 9 rings (SSSR count). The summed E-state index contributed by atoms with van der Waals surface area (Å²) in [5, 5.41) is 5.13. The summed E-state index contributed by atoms with van der Waals surface area (Å²) < 4.78 is 9.20. The number of furan rings is 1. The maximum atomic E-state index is 6.89. The number of hydrogen-bond donors (Lipinski definition) is 0. The zero-order valence-corrected chi connectivity index (χ0v) is 18.0. The minimum atomic E-state index is 0.347. The highest BCUT2D eigenvalue weighted by atomic mass is 16.3. The second-order valence-electron chi connectivity index (χ2n) is 10.9. The van der Waals surface area contributed by atoms with Crippen molar-refractivity contribution in [1.82, 2.24) is 4.57 Å². The zero-order valence-electron chi connectivity index (χ0n) is 18.0. The Hall–Kier alpha value is -2.74. The van der Waals surface area contributed by atoms with Gasteiger partial charge in [-0.25, -0.2) is 0 Å². The van der Waals surface area contributed by atoms with Crippen LogP contribution in [-0.4, -0.2) is 4.57 Å². The molecule has 4 fully saturated rings. The summed E-state index contributed by atoms with van der Waals surface area (Å²) in [6, 6.07) is 20.3. The lowest BCUT2D eigenvalue weighted by atomic mass is 9.48. The van der Waals surface area contributed by atoms with Crippen LogP contribution in [0.3, 0.4) is 0 Å². The molecule has 0 radical (unpaired) electrons. The van der Waals surface area contributed by atoms with Gasteiger partial charge in [0.1, 0.15) is 11.2 Å². The first kappa shape index (κ1) is 16.9. The molecule has 3 aromatic carbocycles. The molecule has 0 saturated heterocycles. The maximum Gasteiger partial charge on any atom is 0.145 e. The average Bonchev–Trinajstić information content (AvgIpc) is 3.29. The van der Waals surface area contributed by atoms with E-state index in [-0.39, 0.29) is 0 Å². The molecule has 4 bridgehead atoms. The van der Waals surface area contributed by atoms with E-state index in [1.807, 2.05) is 0 Å². The van der Waals surface area contributed by atoms with Crippen molar-refractivity contribution in [3.05, 3.63) is 60.2 Å². The molecule has 0 aliphatic heterocycles. The molecule has 4 aliphatic rings. The molecule has 154 valence electrons. The molecule has 2 heterocycles. The molecular formula is C29H27NO. The largest absolute Gasteiger partial charge is 0.455 e. The second kappa shape index (κ2) is 5.54. The lowest BCUT2D eigenvalue weighted by molar-refractivity contribution is -0.00485. The molecule has 5 aromatic rings. The van der Waals surface area contributed by atoms with Crippen LogP contribution in [0.4, 0.5) is 0 Å². The highest BCUT2D eigenvalue weighted by Gasteiger charge is 2.52. The van der Waals surface area contributed by atoms with Crippen molar-refractivity contribution in [3.8, 4) is 0 Å². The third kappa shape index (κ3) is 2.04. The van der Waals surface area contributed by atoms with Gasteiger partial charge >= 0.3 is 0 Å². The Kier molecular flexibility index (Phi) is 3.02. The summed E-state index contributed by atoms with van der Waals surface area (Å²) in [6.45, 7) is 0. The number of aryl methyl sites for hydroxylation is 1.